The van der Waals surface area contributed by atoms with E-state index >= 15 is 0 Å². The zero-order valence-corrected chi connectivity index (χ0v) is 14.5. The molecule has 8 nitrogen and oxygen atoms in total. The molecule has 2 N–H and O–H groups in total. The number of amides is 1. The zero-order chi connectivity index (χ0) is 18.9. The Balaban J connectivity index is 1.53. The molecule has 1 saturated heterocycles. The van der Waals surface area contributed by atoms with Gasteiger partial charge in [-0.1, -0.05) is 6.07 Å². The number of hydrogen-bond acceptors (Lipinski definition) is 6. The van der Waals surface area contributed by atoms with Crippen molar-refractivity contribution in [3.8, 4) is 11.5 Å². The van der Waals surface area contributed by atoms with Crippen molar-refractivity contribution in [3.05, 3.63) is 47.4 Å². The summed E-state index contributed by atoms with van der Waals surface area (Å²) < 4.78 is 21.4. The normalized spacial score (nSPS) is 17.5. The van der Waals surface area contributed by atoms with Gasteiger partial charge in [-0.15, -0.1) is 0 Å². The van der Waals surface area contributed by atoms with Crippen LogP contribution in [0.4, 0.5) is 0 Å². The number of ether oxygens (including phenoxy) is 3. The highest BCUT2D eigenvalue weighted by atomic mass is 16.7. The first-order chi connectivity index (χ1) is 13.1. The summed E-state index contributed by atoms with van der Waals surface area (Å²) in [6.45, 7) is 1.76. The van der Waals surface area contributed by atoms with Gasteiger partial charge in [0, 0.05) is 25.2 Å². The molecule has 1 fully saturated rings. The van der Waals surface area contributed by atoms with Gasteiger partial charge in [0.05, 0.1) is 0 Å². The minimum Gasteiger partial charge on any atom is -0.475 e. The number of aromatic carboxylic acids is 1. The maximum Gasteiger partial charge on any atom is 0.371 e. The quantitative estimate of drug-likeness (QED) is 0.827. The Morgan fingerprint density at radius 3 is 2.52 bits per heavy atom. The Morgan fingerprint density at radius 1 is 1.04 bits per heavy atom. The van der Waals surface area contributed by atoms with Crippen molar-refractivity contribution in [2.75, 3.05) is 26.6 Å². The Bertz CT molecular complexity index is 867. The van der Waals surface area contributed by atoms with Crippen LogP contribution in [0.2, 0.25) is 0 Å². The number of carboxylic acids is 1. The van der Waals surface area contributed by atoms with Crippen molar-refractivity contribution in [3.63, 3.8) is 0 Å². The fourth-order valence-electron chi connectivity index (χ4n) is 3.47. The van der Waals surface area contributed by atoms with Gasteiger partial charge in [0.15, 0.2) is 17.3 Å². The predicted molar refractivity (Wildman–Crippen MR) is 92.3 cm³/mol. The Morgan fingerprint density at radius 2 is 1.78 bits per heavy atom. The van der Waals surface area contributed by atoms with Crippen molar-refractivity contribution in [1.82, 2.24) is 5.32 Å². The molecule has 27 heavy (non-hydrogen) atoms. The molecule has 142 valence electrons. The number of benzene rings is 1. The van der Waals surface area contributed by atoms with E-state index in [4.69, 9.17) is 23.7 Å². The van der Waals surface area contributed by atoms with Gasteiger partial charge in [0.25, 0.3) is 5.91 Å². The number of fused-ring (bicyclic) bond motifs is 1. The molecule has 0 radical (unpaired) electrons. The SMILES string of the molecule is O=C(O)c1ccc(C(=O)NCC2(c3ccc4c(c3)OCO4)CCOCC2)o1. The van der Waals surface area contributed by atoms with Gasteiger partial charge in [-0.25, -0.2) is 4.79 Å². The largest absolute Gasteiger partial charge is 0.475 e. The lowest BCUT2D eigenvalue weighted by atomic mass is 9.74. The summed E-state index contributed by atoms with van der Waals surface area (Å²) in [6, 6.07) is 8.44. The lowest BCUT2D eigenvalue weighted by Crippen LogP contribution is -2.44. The molecule has 4 rings (SSSR count). The second-order valence-electron chi connectivity index (χ2n) is 6.61. The van der Waals surface area contributed by atoms with Gasteiger partial charge in [-0.3, -0.25) is 4.79 Å². The summed E-state index contributed by atoms with van der Waals surface area (Å²) in [5, 5.41) is 11.8. The first-order valence-corrected chi connectivity index (χ1v) is 8.67. The van der Waals surface area contributed by atoms with Crippen LogP contribution in [0.1, 0.15) is 39.5 Å². The van der Waals surface area contributed by atoms with Gasteiger partial charge >= 0.3 is 5.97 Å². The molecule has 3 heterocycles. The topological polar surface area (TPSA) is 107 Å². The lowest BCUT2D eigenvalue weighted by molar-refractivity contribution is 0.0483. The van der Waals surface area contributed by atoms with E-state index in [0.29, 0.717) is 31.3 Å². The second kappa shape index (κ2) is 6.96. The van der Waals surface area contributed by atoms with Crippen LogP contribution in [0.15, 0.2) is 34.7 Å². The van der Waals surface area contributed by atoms with Crippen molar-refractivity contribution in [2.45, 2.75) is 18.3 Å². The highest BCUT2D eigenvalue weighted by Crippen LogP contribution is 2.40. The zero-order valence-electron chi connectivity index (χ0n) is 14.5. The van der Waals surface area contributed by atoms with Crippen LogP contribution in [0.25, 0.3) is 0 Å². The molecule has 0 saturated carbocycles. The minimum absolute atomic E-state index is 0.0275. The highest BCUT2D eigenvalue weighted by Gasteiger charge is 2.36. The van der Waals surface area contributed by atoms with Crippen LogP contribution in [0.5, 0.6) is 11.5 Å². The van der Waals surface area contributed by atoms with Gasteiger partial charge < -0.3 is 29.1 Å². The van der Waals surface area contributed by atoms with E-state index in [2.05, 4.69) is 5.32 Å². The lowest BCUT2D eigenvalue weighted by Gasteiger charge is -2.38. The number of carboxylic acid groups (broad SMARTS) is 1. The molecule has 1 amide bonds. The molecule has 0 aliphatic carbocycles. The van der Waals surface area contributed by atoms with Crippen LogP contribution >= 0.6 is 0 Å². The van der Waals surface area contributed by atoms with E-state index in [-0.39, 0.29) is 23.7 Å². The first-order valence-electron chi connectivity index (χ1n) is 8.67. The molecule has 0 bridgehead atoms. The van der Waals surface area contributed by atoms with E-state index in [0.717, 1.165) is 18.4 Å². The summed E-state index contributed by atoms with van der Waals surface area (Å²) in [5.74, 6) is -0.551. The molecule has 2 aliphatic rings. The maximum absolute atomic E-state index is 12.4. The molecule has 2 aromatic rings. The van der Waals surface area contributed by atoms with Gasteiger partial charge in [-0.2, -0.15) is 0 Å². The monoisotopic (exact) mass is 373 g/mol. The molecule has 8 heteroatoms. The number of hydrogen-bond donors (Lipinski definition) is 2. The third kappa shape index (κ3) is 3.35. The van der Waals surface area contributed by atoms with Gasteiger partial charge in [-0.05, 0) is 42.7 Å². The van der Waals surface area contributed by atoms with Crippen LogP contribution in [0, 0.1) is 0 Å². The number of carbonyl (C=O) groups is 2. The second-order valence-corrected chi connectivity index (χ2v) is 6.61. The summed E-state index contributed by atoms with van der Waals surface area (Å²) in [6.07, 6.45) is 1.48. The van der Waals surface area contributed by atoms with Crippen LogP contribution < -0.4 is 14.8 Å². The van der Waals surface area contributed by atoms with Gasteiger partial charge in [0.1, 0.15) is 0 Å². The summed E-state index contributed by atoms with van der Waals surface area (Å²) in [4.78, 5) is 23.3. The third-order valence-electron chi connectivity index (χ3n) is 5.06. The Kier molecular flexibility index (Phi) is 4.49. The van der Waals surface area contributed by atoms with Crippen molar-refractivity contribution < 1.29 is 33.3 Å². The smallest absolute Gasteiger partial charge is 0.371 e. The number of nitrogens with one attached hydrogen (secondary N) is 1. The van der Waals surface area contributed by atoms with Crippen LogP contribution in [-0.2, 0) is 10.2 Å². The number of furan rings is 1. The van der Waals surface area contributed by atoms with Crippen LogP contribution in [-0.4, -0.2) is 43.5 Å². The molecular formula is C19H19NO7. The van der Waals surface area contributed by atoms with Crippen LogP contribution in [0.3, 0.4) is 0 Å². The van der Waals surface area contributed by atoms with Crippen molar-refractivity contribution >= 4 is 11.9 Å². The molecule has 2 aliphatic heterocycles. The fourth-order valence-corrected chi connectivity index (χ4v) is 3.47. The Labute approximate surface area is 155 Å². The van der Waals surface area contributed by atoms with Crippen molar-refractivity contribution in [1.29, 1.82) is 0 Å². The molecule has 0 unspecified atom stereocenters. The van der Waals surface area contributed by atoms with E-state index in [9.17, 15) is 9.59 Å². The standard InChI is InChI=1S/C19H19NO7/c21-17(14-3-4-15(27-14)18(22)23)20-10-19(5-7-24-8-6-19)12-1-2-13-16(9-12)26-11-25-13/h1-4,9H,5-8,10-11H2,(H,20,21)(H,22,23). The number of carbonyl (C=O) groups excluding carboxylic acids is 1. The summed E-state index contributed by atoms with van der Waals surface area (Å²) >= 11 is 0. The van der Waals surface area contributed by atoms with E-state index in [1.165, 1.54) is 12.1 Å². The highest BCUT2D eigenvalue weighted by molar-refractivity contribution is 5.93. The third-order valence-corrected chi connectivity index (χ3v) is 5.06. The molecular weight excluding hydrogens is 354 g/mol. The van der Waals surface area contributed by atoms with Gasteiger partial charge in [0.2, 0.25) is 12.6 Å². The molecule has 0 spiro atoms. The summed E-state index contributed by atoms with van der Waals surface area (Å²) in [7, 11) is 0. The maximum atomic E-state index is 12.4. The Hall–Kier alpha value is -3.00. The van der Waals surface area contributed by atoms with E-state index in [1.807, 2.05) is 18.2 Å². The summed E-state index contributed by atoms with van der Waals surface area (Å²) in [5.41, 5.74) is 0.734. The van der Waals surface area contributed by atoms with Crippen molar-refractivity contribution in [2.24, 2.45) is 0 Å². The fraction of sp³-hybridized carbons (Fsp3) is 0.368. The molecule has 0 atom stereocenters. The minimum atomic E-state index is -1.21. The average molecular weight is 373 g/mol. The molecule has 1 aromatic carbocycles. The molecule has 1 aromatic heterocycles. The average Bonchev–Trinajstić information content (AvgIpc) is 3.35. The predicted octanol–water partition coefficient (Wildman–Crippen LogP) is 2.18. The first kappa shape index (κ1) is 17.4. The van der Waals surface area contributed by atoms with E-state index < -0.39 is 11.9 Å². The number of rotatable bonds is 5. The van der Waals surface area contributed by atoms with E-state index in [1.54, 1.807) is 0 Å².